The van der Waals surface area contributed by atoms with E-state index < -0.39 is 6.29 Å². The maximum atomic E-state index is 9.72. The van der Waals surface area contributed by atoms with Crippen LogP contribution in [0, 0.1) is 17.8 Å². The predicted molar refractivity (Wildman–Crippen MR) is 99.3 cm³/mol. The summed E-state index contributed by atoms with van der Waals surface area (Å²) in [7, 11) is 1.53. The molecular formula is C21H32O5. The molecule has 146 valence electrons. The molecule has 2 fully saturated rings. The highest BCUT2D eigenvalue weighted by Gasteiger charge is 2.33. The Balaban J connectivity index is 1.51. The third kappa shape index (κ3) is 4.51. The molecule has 1 saturated heterocycles. The highest BCUT2D eigenvalue weighted by Crippen LogP contribution is 2.36. The normalized spacial score (nSPS) is 32.1. The van der Waals surface area contributed by atoms with Gasteiger partial charge in [-0.1, -0.05) is 26.8 Å². The predicted octanol–water partition coefficient (Wildman–Crippen LogP) is 4.29. The lowest BCUT2D eigenvalue weighted by atomic mass is 9.76. The Hall–Kier alpha value is -1.30. The number of benzene rings is 1. The van der Waals surface area contributed by atoms with Crippen molar-refractivity contribution in [3.05, 3.63) is 23.8 Å². The van der Waals surface area contributed by atoms with Gasteiger partial charge in [-0.25, -0.2) is 0 Å². The molecule has 0 spiro atoms. The van der Waals surface area contributed by atoms with Crippen LogP contribution in [0.25, 0.3) is 0 Å². The molecule has 1 aromatic carbocycles. The second kappa shape index (κ2) is 8.59. The van der Waals surface area contributed by atoms with Crippen molar-refractivity contribution in [2.24, 2.45) is 17.8 Å². The molecule has 5 nitrogen and oxygen atoms in total. The Labute approximate surface area is 156 Å². The summed E-state index contributed by atoms with van der Waals surface area (Å²) < 4.78 is 23.2. The highest BCUT2D eigenvalue weighted by atomic mass is 16.7. The molecule has 1 aliphatic heterocycles. The average molecular weight is 364 g/mol. The Morgan fingerprint density at radius 3 is 2.81 bits per heavy atom. The fraction of sp³-hybridized carbons (Fsp3) is 0.714. The Morgan fingerprint density at radius 2 is 2.08 bits per heavy atom. The van der Waals surface area contributed by atoms with E-state index in [1.165, 1.54) is 20.0 Å². The van der Waals surface area contributed by atoms with Crippen LogP contribution in [0.1, 0.15) is 51.9 Å². The van der Waals surface area contributed by atoms with Crippen LogP contribution in [0.3, 0.4) is 0 Å². The van der Waals surface area contributed by atoms with Crippen LogP contribution in [0.4, 0.5) is 0 Å². The number of phenolic OH excluding ortho intramolecular Hbond substituents is 1. The van der Waals surface area contributed by atoms with Gasteiger partial charge in [-0.2, -0.15) is 0 Å². The van der Waals surface area contributed by atoms with E-state index in [-0.39, 0.29) is 11.9 Å². The third-order valence-corrected chi connectivity index (χ3v) is 5.83. The lowest BCUT2D eigenvalue weighted by Gasteiger charge is -2.36. The maximum Gasteiger partial charge on any atom is 0.184 e. The van der Waals surface area contributed by atoms with Gasteiger partial charge in [0.05, 0.1) is 26.4 Å². The smallest absolute Gasteiger partial charge is 0.184 e. The van der Waals surface area contributed by atoms with Crippen molar-refractivity contribution in [2.75, 3.05) is 20.3 Å². The average Bonchev–Trinajstić information content (AvgIpc) is 3.10. The summed E-state index contributed by atoms with van der Waals surface area (Å²) in [5, 5.41) is 9.72. The Bertz CT molecular complexity index is 588. The number of hydrogen-bond acceptors (Lipinski definition) is 5. The summed E-state index contributed by atoms with van der Waals surface area (Å²) in [6.45, 7) is 7.98. The minimum Gasteiger partial charge on any atom is -0.504 e. The number of hydrogen-bond donors (Lipinski definition) is 1. The second-order valence-electron chi connectivity index (χ2n) is 8.02. The van der Waals surface area contributed by atoms with Crippen LogP contribution < -0.4 is 4.74 Å². The Kier molecular flexibility index (Phi) is 6.43. The molecule has 0 amide bonds. The molecule has 0 aromatic heterocycles. The van der Waals surface area contributed by atoms with Crippen molar-refractivity contribution in [3.63, 3.8) is 0 Å². The summed E-state index contributed by atoms with van der Waals surface area (Å²) in [5.41, 5.74) is 0.841. The van der Waals surface area contributed by atoms with Crippen molar-refractivity contribution in [2.45, 2.75) is 58.5 Å². The molecule has 5 unspecified atom stereocenters. The van der Waals surface area contributed by atoms with Crippen LogP contribution in [-0.2, 0) is 14.2 Å². The molecule has 2 aliphatic rings. The van der Waals surface area contributed by atoms with Gasteiger partial charge in [0.25, 0.3) is 0 Å². The van der Waals surface area contributed by atoms with Gasteiger partial charge in [0.1, 0.15) is 6.10 Å². The molecule has 1 N–H and O–H groups in total. The van der Waals surface area contributed by atoms with E-state index in [0.29, 0.717) is 36.9 Å². The molecule has 1 aromatic rings. The SMILES string of the molecule is COc1cc(C2OCC(COC3CC(C(C)C)CCC3C)O2)ccc1O. The van der Waals surface area contributed by atoms with Crippen LogP contribution >= 0.6 is 0 Å². The minimum absolute atomic E-state index is 0.0635. The fourth-order valence-electron chi connectivity index (χ4n) is 3.93. The number of rotatable bonds is 6. The number of ether oxygens (including phenoxy) is 4. The first kappa shape index (κ1) is 19.5. The highest BCUT2D eigenvalue weighted by molar-refractivity contribution is 5.42. The summed E-state index contributed by atoms with van der Waals surface area (Å²) in [5.74, 6) is 2.61. The van der Waals surface area contributed by atoms with Crippen molar-refractivity contribution in [1.29, 1.82) is 0 Å². The van der Waals surface area contributed by atoms with Gasteiger partial charge in [-0.3, -0.25) is 0 Å². The van der Waals surface area contributed by atoms with Gasteiger partial charge in [0.15, 0.2) is 17.8 Å². The number of methoxy groups -OCH3 is 1. The molecule has 3 rings (SSSR count). The van der Waals surface area contributed by atoms with E-state index in [4.69, 9.17) is 18.9 Å². The van der Waals surface area contributed by atoms with E-state index >= 15 is 0 Å². The molecule has 26 heavy (non-hydrogen) atoms. The van der Waals surface area contributed by atoms with Crippen molar-refractivity contribution < 1.29 is 24.1 Å². The molecule has 0 radical (unpaired) electrons. The summed E-state index contributed by atoms with van der Waals surface area (Å²) in [4.78, 5) is 0. The third-order valence-electron chi connectivity index (χ3n) is 5.83. The molecule has 5 atom stereocenters. The largest absolute Gasteiger partial charge is 0.504 e. The maximum absolute atomic E-state index is 9.72. The second-order valence-corrected chi connectivity index (χ2v) is 8.02. The van der Waals surface area contributed by atoms with Crippen LogP contribution in [-0.4, -0.2) is 37.6 Å². The van der Waals surface area contributed by atoms with E-state index in [2.05, 4.69) is 20.8 Å². The first-order valence-corrected chi connectivity index (χ1v) is 9.73. The van der Waals surface area contributed by atoms with Crippen LogP contribution in [0.2, 0.25) is 0 Å². The van der Waals surface area contributed by atoms with Crippen molar-refractivity contribution >= 4 is 0 Å². The van der Waals surface area contributed by atoms with E-state index in [0.717, 1.165) is 17.9 Å². The lowest BCUT2D eigenvalue weighted by molar-refractivity contribution is -0.0956. The lowest BCUT2D eigenvalue weighted by Crippen LogP contribution is -2.34. The van der Waals surface area contributed by atoms with E-state index in [1.807, 2.05) is 0 Å². The van der Waals surface area contributed by atoms with E-state index in [9.17, 15) is 5.11 Å². The first-order chi connectivity index (χ1) is 12.5. The molecule has 5 heteroatoms. The summed E-state index contributed by atoms with van der Waals surface area (Å²) >= 11 is 0. The minimum atomic E-state index is -0.440. The van der Waals surface area contributed by atoms with Gasteiger partial charge >= 0.3 is 0 Å². The summed E-state index contributed by atoms with van der Waals surface area (Å²) in [6.07, 6.45) is 3.51. The fourth-order valence-corrected chi connectivity index (χ4v) is 3.93. The van der Waals surface area contributed by atoms with Crippen molar-refractivity contribution in [1.82, 2.24) is 0 Å². The topological polar surface area (TPSA) is 57.2 Å². The zero-order valence-corrected chi connectivity index (χ0v) is 16.3. The zero-order chi connectivity index (χ0) is 18.7. The number of aromatic hydroxyl groups is 1. The first-order valence-electron chi connectivity index (χ1n) is 9.73. The van der Waals surface area contributed by atoms with Gasteiger partial charge in [-0.05, 0) is 49.1 Å². The standard InChI is InChI=1S/C21H32O5/c1-13(2)15-6-5-14(3)19(9-15)24-11-17-12-25-21(26-17)16-7-8-18(22)20(10-16)23-4/h7-8,10,13-15,17,19,21-22H,5-6,9,11-12H2,1-4H3. The molecule has 1 aliphatic carbocycles. The molecule has 1 saturated carbocycles. The van der Waals surface area contributed by atoms with Gasteiger partial charge in [0.2, 0.25) is 0 Å². The van der Waals surface area contributed by atoms with E-state index in [1.54, 1.807) is 18.2 Å². The Morgan fingerprint density at radius 1 is 1.27 bits per heavy atom. The van der Waals surface area contributed by atoms with Gasteiger partial charge in [-0.15, -0.1) is 0 Å². The zero-order valence-electron chi connectivity index (χ0n) is 16.3. The molecule has 1 heterocycles. The number of phenols is 1. The molecule has 0 bridgehead atoms. The quantitative estimate of drug-likeness (QED) is 0.816. The molecular weight excluding hydrogens is 332 g/mol. The van der Waals surface area contributed by atoms with Gasteiger partial charge in [0, 0.05) is 5.56 Å². The summed E-state index contributed by atoms with van der Waals surface area (Å²) in [6, 6.07) is 5.14. The van der Waals surface area contributed by atoms with Gasteiger partial charge < -0.3 is 24.1 Å². The van der Waals surface area contributed by atoms with Crippen LogP contribution in [0.15, 0.2) is 18.2 Å². The monoisotopic (exact) mass is 364 g/mol. The van der Waals surface area contributed by atoms with Crippen LogP contribution in [0.5, 0.6) is 11.5 Å². The van der Waals surface area contributed by atoms with Crippen molar-refractivity contribution in [3.8, 4) is 11.5 Å².